The normalized spacial score (nSPS) is 12.6. The van der Waals surface area contributed by atoms with Crippen LogP contribution in [-0.2, 0) is 0 Å². The Balaban J connectivity index is 2.64. The van der Waals surface area contributed by atoms with Crippen LogP contribution in [0.4, 0.5) is 0 Å². The lowest BCUT2D eigenvalue weighted by atomic mass is 9.98. The van der Waals surface area contributed by atoms with Gasteiger partial charge in [0.25, 0.3) is 0 Å². The molecule has 1 atom stereocenters. The van der Waals surface area contributed by atoms with Gasteiger partial charge in [0.2, 0.25) is 0 Å². The first-order valence-corrected chi connectivity index (χ1v) is 6.01. The van der Waals surface area contributed by atoms with Gasteiger partial charge in [0.05, 0.1) is 6.61 Å². The number of hydrogen-bond acceptors (Lipinski definition) is 3. The highest BCUT2D eigenvalue weighted by Crippen LogP contribution is 2.15. The summed E-state index contributed by atoms with van der Waals surface area (Å²) in [5.74, 6) is 0.308. The van der Waals surface area contributed by atoms with E-state index in [-0.39, 0.29) is 6.61 Å². The molecule has 94 valence electrons. The lowest BCUT2D eigenvalue weighted by Gasteiger charge is -2.25. The van der Waals surface area contributed by atoms with E-state index in [9.17, 15) is 0 Å². The largest absolute Gasteiger partial charge is 0.395 e. The molecule has 3 N–H and O–H groups in total. The van der Waals surface area contributed by atoms with Crippen LogP contribution in [0.1, 0.15) is 11.5 Å². The van der Waals surface area contributed by atoms with E-state index in [1.165, 1.54) is 5.56 Å². The van der Waals surface area contributed by atoms with E-state index in [0.29, 0.717) is 19.0 Å². The molecule has 0 aliphatic carbocycles. The van der Waals surface area contributed by atoms with E-state index in [1.54, 1.807) is 0 Å². The number of rotatable bonds is 8. The molecule has 0 saturated carbocycles. The van der Waals surface area contributed by atoms with E-state index >= 15 is 0 Å². The Labute approximate surface area is 104 Å². The highest BCUT2D eigenvalue weighted by atomic mass is 16.3. The standard InChI is InChI=1S/C14H22N2O/c1-2-8-16(9-10-17)12-14(11-15)13-6-4-3-5-7-13/h2-7,14,17H,1,8-12,15H2. The van der Waals surface area contributed by atoms with E-state index in [0.717, 1.165) is 13.1 Å². The van der Waals surface area contributed by atoms with Gasteiger partial charge in [-0.1, -0.05) is 36.4 Å². The van der Waals surface area contributed by atoms with Crippen molar-refractivity contribution in [3.8, 4) is 0 Å². The smallest absolute Gasteiger partial charge is 0.0558 e. The highest BCUT2D eigenvalue weighted by Gasteiger charge is 2.13. The Morgan fingerprint density at radius 2 is 2.06 bits per heavy atom. The molecule has 0 radical (unpaired) electrons. The van der Waals surface area contributed by atoms with Crippen molar-refractivity contribution in [1.82, 2.24) is 4.90 Å². The molecule has 17 heavy (non-hydrogen) atoms. The monoisotopic (exact) mass is 234 g/mol. The molecule has 1 unspecified atom stereocenters. The average molecular weight is 234 g/mol. The predicted octanol–water partition coefficient (Wildman–Crippen LogP) is 1.21. The second-order valence-corrected chi connectivity index (χ2v) is 4.12. The Bertz CT molecular complexity index is 313. The zero-order chi connectivity index (χ0) is 12.5. The quantitative estimate of drug-likeness (QED) is 0.665. The minimum absolute atomic E-state index is 0.167. The molecule has 0 saturated heterocycles. The van der Waals surface area contributed by atoms with Crippen LogP contribution in [0.3, 0.4) is 0 Å². The fourth-order valence-electron chi connectivity index (χ4n) is 1.93. The minimum Gasteiger partial charge on any atom is -0.395 e. The third-order valence-corrected chi connectivity index (χ3v) is 2.84. The molecule has 1 aromatic carbocycles. The molecule has 0 heterocycles. The fourth-order valence-corrected chi connectivity index (χ4v) is 1.93. The second kappa shape index (κ2) is 8.01. The molecule has 0 aliphatic rings. The summed E-state index contributed by atoms with van der Waals surface area (Å²) in [4.78, 5) is 2.16. The summed E-state index contributed by atoms with van der Waals surface area (Å²) < 4.78 is 0. The Hall–Kier alpha value is -1.16. The van der Waals surface area contributed by atoms with Crippen LogP contribution in [0.2, 0.25) is 0 Å². The maximum Gasteiger partial charge on any atom is 0.0558 e. The average Bonchev–Trinajstić information content (AvgIpc) is 2.37. The van der Waals surface area contributed by atoms with Gasteiger partial charge in [-0.2, -0.15) is 0 Å². The van der Waals surface area contributed by atoms with Gasteiger partial charge in [0.1, 0.15) is 0 Å². The predicted molar refractivity (Wildman–Crippen MR) is 72.0 cm³/mol. The van der Waals surface area contributed by atoms with Gasteiger partial charge in [0, 0.05) is 32.1 Å². The van der Waals surface area contributed by atoms with Crippen molar-refractivity contribution in [3.63, 3.8) is 0 Å². The van der Waals surface area contributed by atoms with Crippen molar-refractivity contribution in [1.29, 1.82) is 0 Å². The van der Waals surface area contributed by atoms with E-state index < -0.39 is 0 Å². The number of aliphatic hydroxyl groups excluding tert-OH is 1. The minimum atomic E-state index is 0.167. The summed E-state index contributed by atoms with van der Waals surface area (Å²) in [5, 5.41) is 9.01. The molecule has 0 fully saturated rings. The summed E-state index contributed by atoms with van der Waals surface area (Å²) in [6.45, 7) is 6.81. The molecule has 1 rings (SSSR count). The number of benzene rings is 1. The maximum atomic E-state index is 9.01. The first-order valence-electron chi connectivity index (χ1n) is 6.01. The molecular formula is C14H22N2O. The Morgan fingerprint density at radius 1 is 1.35 bits per heavy atom. The van der Waals surface area contributed by atoms with Crippen LogP contribution in [0.15, 0.2) is 43.0 Å². The SMILES string of the molecule is C=CCN(CCO)CC(CN)c1ccccc1. The summed E-state index contributed by atoms with van der Waals surface area (Å²) in [7, 11) is 0. The van der Waals surface area contributed by atoms with Crippen molar-refractivity contribution < 1.29 is 5.11 Å². The van der Waals surface area contributed by atoms with E-state index in [1.807, 2.05) is 24.3 Å². The molecule has 0 amide bonds. The Kier molecular flexibility index (Phi) is 6.55. The Morgan fingerprint density at radius 3 is 2.59 bits per heavy atom. The first-order chi connectivity index (χ1) is 8.31. The first kappa shape index (κ1) is 13.9. The molecular weight excluding hydrogens is 212 g/mol. The molecule has 3 nitrogen and oxygen atoms in total. The van der Waals surface area contributed by atoms with Gasteiger partial charge >= 0.3 is 0 Å². The summed E-state index contributed by atoms with van der Waals surface area (Å²) in [6, 6.07) is 10.3. The zero-order valence-electron chi connectivity index (χ0n) is 10.3. The third-order valence-electron chi connectivity index (χ3n) is 2.84. The maximum absolute atomic E-state index is 9.01. The van der Waals surface area contributed by atoms with Gasteiger partial charge in [-0.25, -0.2) is 0 Å². The lowest BCUT2D eigenvalue weighted by Crippen LogP contribution is -2.34. The molecule has 0 aliphatic heterocycles. The summed E-state index contributed by atoms with van der Waals surface area (Å²) in [5.41, 5.74) is 7.08. The van der Waals surface area contributed by atoms with E-state index in [2.05, 4.69) is 23.6 Å². The number of nitrogens with zero attached hydrogens (tertiary/aromatic N) is 1. The summed E-state index contributed by atoms with van der Waals surface area (Å²) in [6.07, 6.45) is 1.86. The van der Waals surface area contributed by atoms with Crippen LogP contribution >= 0.6 is 0 Å². The highest BCUT2D eigenvalue weighted by molar-refractivity contribution is 5.20. The number of hydrogen-bond donors (Lipinski definition) is 2. The van der Waals surface area contributed by atoms with Gasteiger partial charge in [0.15, 0.2) is 0 Å². The van der Waals surface area contributed by atoms with Crippen molar-refractivity contribution in [2.24, 2.45) is 5.73 Å². The second-order valence-electron chi connectivity index (χ2n) is 4.12. The topological polar surface area (TPSA) is 49.5 Å². The number of aliphatic hydroxyl groups is 1. The fraction of sp³-hybridized carbons (Fsp3) is 0.429. The van der Waals surface area contributed by atoms with Crippen molar-refractivity contribution in [2.45, 2.75) is 5.92 Å². The van der Waals surface area contributed by atoms with Gasteiger partial charge in [-0.05, 0) is 5.56 Å². The summed E-state index contributed by atoms with van der Waals surface area (Å²) >= 11 is 0. The molecule has 1 aromatic rings. The van der Waals surface area contributed by atoms with Crippen molar-refractivity contribution >= 4 is 0 Å². The molecule has 0 aromatic heterocycles. The zero-order valence-corrected chi connectivity index (χ0v) is 10.3. The van der Waals surface area contributed by atoms with Crippen LogP contribution < -0.4 is 5.73 Å². The third kappa shape index (κ3) is 4.69. The van der Waals surface area contributed by atoms with Gasteiger partial charge < -0.3 is 10.8 Å². The van der Waals surface area contributed by atoms with Gasteiger partial charge in [-0.3, -0.25) is 4.90 Å². The molecule has 3 heteroatoms. The van der Waals surface area contributed by atoms with Crippen LogP contribution in [0.5, 0.6) is 0 Å². The van der Waals surface area contributed by atoms with Gasteiger partial charge in [-0.15, -0.1) is 6.58 Å². The van der Waals surface area contributed by atoms with Crippen LogP contribution in [0, 0.1) is 0 Å². The van der Waals surface area contributed by atoms with Crippen LogP contribution in [-0.4, -0.2) is 42.8 Å². The van der Waals surface area contributed by atoms with Crippen molar-refractivity contribution in [2.75, 3.05) is 32.8 Å². The lowest BCUT2D eigenvalue weighted by molar-refractivity contribution is 0.201. The number of nitrogens with two attached hydrogens (primary N) is 1. The van der Waals surface area contributed by atoms with Crippen LogP contribution in [0.25, 0.3) is 0 Å². The van der Waals surface area contributed by atoms with E-state index in [4.69, 9.17) is 10.8 Å². The van der Waals surface area contributed by atoms with Crippen molar-refractivity contribution in [3.05, 3.63) is 48.6 Å². The molecule has 0 bridgehead atoms. The molecule has 0 spiro atoms.